The molecule has 1 saturated heterocycles. The highest BCUT2D eigenvalue weighted by molar-refractivity contribution is 6.01. The molecule has 4 rings (SSSR count). The molecule has 32 heavy (non-hydrogen) atoms. The van der Waals surface area contributed by atoms with Gasteiger partial charge in [-0.2, -0.15) is 4.98 Å². The Kier molecular flexibility index (Phi) is 6.61. The Hall–Kier alpha value is -3.52. The SMILES string of the molecule is COC(=O)c1ccccc1NC(=O)C1CCCN(Cc2nc(-c3cccc(C)c3)no2)C1. The van der Waals surface area contributed by atoms with E-state index in [1.54, 1.807) is 24.3 Å². The molecule has 0 saturated carbocycles. The van der Waals surface area contributed by atoms with Crippen LogP contribution in [0.3, 0.4) is 0 Å². The van der Waals surface area contributed by atoms with Crippen LogP contribution in [-0.4, -0.2) is 47.1 Å². The van der Waals surface area contributed by atoms with Crippen LogP contribution in [-0.2, 0) is 16.1 Å². The van der Waals surface area contributed by atoms with Gasteiger partial charge < -0.3 is 14.6 Å². The first-order valence-corrected chi connectivity index (χ1v) is 10.6. The first-order valence-electron chi connectivity index (χ1n) is 10.6. The molecule has 1 N–H and O–H groups in total. The second kappa shape index (κ2) is 9.74. The number of aromatic nitrogens is 2. The molecule has 3 aromatic rings. The lowest BCUT2D eigenvalue weighted by Gasteiger charge is -2.31. The van der Waals surface area contributed by atoms with Gasteiger partial charge in [0.2, 0.25) is 17.6 Å². The molecule has 1 unspecified atom stereocenters. The lowest BCUT2D eigenvalue weighted by Crippen LogP contribution is -2.40. The van der Waals surface area contributed by atoms with E-state index < -0.39 is 5.97 Å². The van der Waals surface area contributed by atoms with Gasteiger partial charge in [-0.25, -0.2) is 4.79 Å². The highest BCUT2D eigenvalue weighted by atomic mass is 16.5. The van der Waals surface area contributed by atoms with Gasteiger partial charge in [0.1, 0.15) is 0 Å². The van der Waals surface area contributed by atoms with Crippen LogP contribution in [0.1, 0.15) is 34.7 Å². The van der Waals surface area contributed by atoms with Gasteiger partial charge >= 0.3 is 5.97 Å². The minimum atomic E-state index is -0.480. The average Bonchev–Trinajstić information content (AvgIpc) is 3.27. The molecule has 2 aromatic carbocycles. The number of hydrogen-bond donors (Lipinski definition) is 1. The third-order valence-corrected chi connectivity index (χ3v) is 5.57. The zero-order valence-electron chi connectivity index (χ0n) is 18.2. The first kappa shape index (κ1) is 21.7. The van der Waals surface area contributed by atoms with Gasteiger partial charge in [0.15, 0.2) is 0 Å². The number of rotatable bonds is 6. The predicted octanol–water partition coefficient (Wildman–Crippen LogP) is 3.68. The lowest BCUT2D eigenvalue weighted by atomic mass is 9.97. The van der Waals surface area contributed by atoms with Crippen molar-refractivity contribution in [3.05, 3.63) is 65.5 Å². The number of methoxy groups -OCH3 is 1. The number of nitrogens with zero attached hydrogens (tertiary/aromatic N) is 3. The second-order valence-electron chi connectivity index (χ2n) is 7.98. The van der Waals surface area contributed by atoms with Crippen LogP contribution in [0.15, 0.2) is 53.1 Å². The minimum Gasteiger partial charge on any atom is -0.465 e. The number of piperidine rings is 1. The summed E-state index contributed by atoms with van der Waals surface area (Å²) < 4.78 is 10.3. The van der Waals surface area contributed by atoms with Crippen molar-refractivity contribution in [1.82, 2.24) is 15.0 Å². The van der Waals surface area contributed by atoms with E-state index in [4.69, 9.17) is 9.26 Å². The van der Waals surface area contributed by atoms with Crippen molar-refractivity contribution in [3.8, 4) is 11.4 Å². The van der Waals surface area contributed by atoms with E-state index in [0.717, 1.165) is 30.5 Å². The van der Waals surface area contributed by atoms with E-state index in [0.29, 0.717) is 36.1 Å². The van der Waals surface area contributed by atoms with Gasteiger partial charge in [-0.1, -0.05) is 41.1 Å². The van der Waals surface area contributed by atoms with Crippen molar-refractivity contribution in [2.24, 2.45) is 5.92 Å². The first-order chi connectivity index (χ1) is 15.5. The molecule has 8 nitrogen and oxygen atoms in total. The van der Waals surface area contributed by atoms with E-state index >= 15 is 0 Å². The average molecular weight is 434 g/mol. The fraction of sp³-hybridized carbons (Fsp3) is 0.333. The molecule has 0 spiro atoms. The van der Waals surface area contributed by atoms with E-state index in [2.05, 4.69) is 20.4 Å². The largest absolute Gasteiger partial charge is 0.465 e. The minimum absolute atomic E-state index is 0.114. The zero-order valence-corrected chi connectivity index (χ0v) is 18.2. The maximum Gasteiger partial charge on any atom is 0.339 e. The number of carbonyl (C=O) groups excluding carboxylic acids is 2. The molecule has 0 aliphatic carbocycles. The third kappa shape index (κ3) is 5.03. The maximum atomic E-state index is 12.9. The maximum absolute atomic E-state index is 12.9. The zero-order chi connectivity index (χ0) is 22.5. The summed E-state index contributed by atoms with van der Waals surface area (Å²) in [6.45, 7) is 3.94. The Bertz CT molecular complexity index is 1110. The van der Waals surface area contributed by atoms with Crippen LogP contribution in [0, 0.1) is 12.8 Å². The number of carbonyl (C=O) groups is 2. The molecule has 2 heterocycles. The molecule has 1 amide bonds. The number of likely N-dealkylation sites (tertiary alicyclic amines) is 1. The van der Waals surface area contributed by atoms with Gasteiger partial charge in [0.05, 0.1) is 30.8 Å². The van der Waals surface area contributed by atoms with E-state index in [1.165, 1.54) is 7.11 Å². The molecule has 1 atom stereocenters. The lowest BCUT2D eigenvalue weighted by molar-refractivity contribution is -0.121. The van der Waals surface area contributed by atoms with Gasteiger partial charge in [0.25, 0.3) is 0 Å². The predicted molar refractivity (Wildman–Crippen MR) is 119 cm³/mol. The fourth-order valence-corrected chi connectivity index (χ4v) is 3.94. The van der Waals surface area contributed by atoms with Gasteiger partial charge in [0, 0.05) is 12.1 Å². The fourth-order valence-electron chi connectivity index (χ4n) is 3.94. The van der Waals surface area contributed by atoms with Crippen molar-refractivity contribution in [2.75, 3.05) is 25.5 Å². The van der Waals surface area contributed by atoms with Crippen LogP contribution < -0.4 is 5.32 Å². The van der Waals surface area contributed by atoms with Crippen molar-refractivity contribution in [2.45, 2.75) is 26.3 Å². The van der Waals surface area contributed by atoms with Gasteiger partial charge in [-0.05, 0) is 44.5 Å². The molecular weight excluding hydrogens is 408 g/mol. The molecule has 166 valence electrons. The smallest absolute Gasteiger partial charge is 0.339 e. The second-order valence-corrected chi connectivity index (χ2v) is 7.98. The number of ether oxygens (including phenoxy) is 1. The van der Waals surface area contributed by atoms with E-state index in [1.807, 2.05) is 31.2 Å². The number of amides is 1. The number of benzene rings is 2. The molecular formula is C24H26N4O4. The summed E-state index contributed by atoms with van der Waals surface area (Å²) in [6.07, 6.45) is 1.66. The molecule has 1 aromatic heterocycles. The van der Waals surface area contributed by atoms with Crippen molar-refractivity contribution < 1.29 is 18.8 Å². The van der Waals surface area contributed by atoms with Crippen LogP contribution in [0.2, 0.25) is 0 Å². The number of anilines is 1. The number of aryl methyl sites for hydroxylation is 1. The van der Waals surface area contributed by atoms with Crippen molar-refractivity contribution >= 4 is 17.6 Å². The number of esters is 1. The Morgan fingerprint density at radius 1 is 1.22 bits per heavy atom. The highest BCUT2D eigenvalue weighted by Gasteiger charge is 2.28. The van der Waals surface area contributed by atoms with Gasteiger partial charge in [-0.3, -0.25) is 9.69 Å². The Labute approximate surface area is 186 Å². The monoisotopic (exact) mass is 434 g/mol. The number of nitrogens with one attached hydrogen (secondary N) is 1. The molecule has 8 heteroatoms. The molecule has 1 aliphatic rings. The summed E-state index contributed by atoms with van der Waals surface area (Å²) in [6, 6.07) is 14.8. The highest BCUT2D eigenvalue weighted by Crippen LogP contribution is 2.23. The topological polar surface area (TPSA) is 97.6 Å². The molecule has 1 aliphatic heterocycles. The Morgan fingerprint density at radius 3 is 2.88 bits per heavy atom. The Balaban J connectivity index is 1.39. The van der Waals surface area contributed by atoms with Gasteiger partial charge in [-0.15, -0.1) is 0 Å². The van der Waals surface area contributed by atoms with Crippen LogP contribution in [0.5, 0.6) is 0 Å². The van der Waals surface area contributed by atoms with Crippen LogP contribution >= 0.6 is 0 Å². The molecule has 0 radical (unpaired) electrons. The van der Waals surface area contributed by atoms with Crippen LogP contribution in [0.25, 0.3) is 11.4 Å². The normalized spacial score (nSPS) is 16.5. The van der Waals surface area contributed by atoms with Crippen LogP contribution in [0.4, 0.5) is 5.69 Å². The summed E-state index contributed by atoms with van der Waals surface area (Å²) in [5, 5.41) is 6.99. The number of hydrogen-bond acceptors (Lipinski definition) is 7. The van der Waals surface area contributed by atoms with E-state index in [-0.39, 0.29) is 11.8 Å². The summed E-state index contributed by atoms with van der Waals surface area (Å²) in [7, 11) is 1.32. The van der Waals surface area contributed by atoms with Crippen molar-refractivity contribution in [1.29, 1.82) is 0 Å². The molecule has 0 bridgehead atoms. The summed E-state index contributed by atoms with van der Waals surface area (Å²) in [4.78, 5) is 31.5. The summed E-state index contributed by atoms with van der Waals surface area (Å²) in [5.74, 6) is 0.297. The quantitative estimate of drug-likeness (QED) is 0.591. The Morgan fingerprint density at radius 2 is 2.06 bits per heavy atom. The summed E-state index contributed by atoms with van der Waals surface area (Å²) in [5.41, 5.74) is 2.85. The third-order valence-electron chi connectivity index (χ3n) is 5.57. The molecule has 1 fully saturated rings. The summed E-state index contributed by atoms with van der Waals surface area (Å²) >= 11 is 0. The van der Waals surface area contributed by atoms with E-state index in [9.17, 15) is 9.59 Å². The van der Waals surface area contributed by atoms with Crippen molar-refractivity contribution in [3.63, 3.8) is 0 Å². The standard InChI is InChI=1S/C24H26N4O4/c1-16-7-5-8-17(13-16)22-26-21(32-27-22)15-28-12-6-9-18(14-28)23(29)25-20-11-4-3-10-19(20)24(30)31-2/h3-5,7-8,10-11,13,18H,6,9,12,14-15H2,1-2H3,(H,25,29). The number of para-hydroxylation sites is 1.